The van der Waals surface area contributed by atoms with E-state index >= 15 is 0 Å². The highest BCUT2D eigenvalue weighted by Crippen LogP contribution is 2.65. The van der Waals surface area contributed by atoms with E-state index in [2.05, 4.69) is 31.1 Å². The van der Waals surface area contributed by atoms with E-state index < -0.39 is 0 Å². The van der Waals surface area contributed by atoms with Crippen LogP contribution < -0.4 is 10.9 Å². The van der Waals surface area contributed by atoms with Crippen LogP contribution in [-0.4, -0.2) is 21.5 Å². The first-order valence-electron chi connectivity index (χ1n) is 9.07. The molecule has 0 spiro atoms. The number of nitrogens with one attached hydrogen (secondary N) is 1. The van der Waals surface area contributed by atoms with Crippen molar-refractivity contribution in [3.8, 4) is 0 Å². The zero-order valence-corrected chi connectivity index (χ0v) is 15.1. The molecule has 2 aliphatic rings. The summed E-state index contributed by atoms with van der Waals surface area (Å²) in [4.78, 5) is 29.1. The number of amides is 1. The van der Waals surface area contributed by atoms with Gasteiger partial charge in [0.1, 0.15) is 6.54 Å². The van der Waals surface area contributed by atoms with Crippen molar-refractivity contribution in [1.82, 2.24) is 14.9 Å². The van der Waals surface area contributed by atoms with Gasteiger partial charge in [-0.3, -0.25) is 14.2 Å². The van der Waals surface area contributed by atoms with Gasteiger partial charge in [-0.05, 0) is 48.1 Å². The van der Waals surface area contributed by atoms with Crippen molar-refractivity contribution in [1.29, 1.82) is 0 Å². The minimum atomic E-state index is -0.242. The minimum Gasteiger partial charge on any atom is -0.351 e. The van der Waals surface area contributed by atoms with E-state index in [9.17, 15) is 9.59 Å². The Balaban J connectivity index is 1.57. The topological polar surface area (TPSA) is 64.0 Å². The highest BCUT2D eigenvalue weighted by atomic mass is 16.2. The highest BCUT2D eigenvalue weighted by molar-refractivity contribution is 5.80. The molecule has 0 radical (unpaired) electrons. The van der Waals surface area contributed by atoms with Crippen molar-refractivity contribution in [3.05, 3.63) is 40.8 Å². The Morgan fingerprint density at radius 3 is 2.76 bits per heavy atom. The molecule has 2 aromatic rings. The number of aromatic nitrogens is 2. The van der Waals surface area contributed by atoms with Gasteiger partial charge < -0.3 is 5.32 Å². The molecular formula is C20H25N3O2. The fraction of sp³-hybridized carbons (Fsp3) is 0.550. The minimum absolute atomic E-state index is 0.0412. The predicted molar refractivity (Wildman–Crippen MR) is 97.2 cm³/mol. The second-order valence-corrected chi connectivity index (χ2v) is 8.40. The Morgan fingerprint density at radius 1 is 1.32 bits per heavy atom. The van der Waals surface area contributed by atoms with Crippen molar-refractivity contribution in [2.45, 2.75) is 52.6 Å². The molecule has 1 aromatic heterocycles. The van der Waals surface area contributed by atoms with Crippen molar-refractivity contribution in [3.63, 3.8) is 0 Å². The van der Waals surface area contributed by atoms with Crippen LogP contribution in [0.5, 0.6) is 0 Å². The molecule has 0 saturated heterocycles. The average molecular weight is 339 g/mol. The van der Waals surface area contributed by atoms with Crippen molar-refractivity contribution in [2.24, 2.45) is 16.7 Å². The van der Waals surface area contributed by atoms with Gasteiger partial charge in [-0.25, -0.2) is 4.98 Å². The van der Waals surface area contributed by atoms with E-state index in [4.69, 9.17) is 0 Å². The van der Waals surface area contributed by atoms with Gasteiger partial charge in [0, 0.05) is 6.04 Å². The first kappa shape index (κ1) is 16.3. The molecule has 3 atom stereocenters. The number of benzene rings is 1. The summed E-state index contributed by atoms with van der Waals surface area (Å²) in [5, 5.41) is 3.23. The molecule has 5 nitrogen and oxygen atoms in total. The first-order valence-corrected chi connectivity index (χ1v) is 9.07. The van der Waals surface area contributed by atoms with Crippen LogP contribution >= 0.6 is 0 Å². The van der Waals surface area contributed by atoms with E-state index in [1.54, 1.807) is 0 Å². The fourth-order valence-corrected chi connectivity index (χ4v) is 5.08. The second-order valence-electron chi connectivity index (χ2n) is 8.40. The van der Waals surface area contributed by atoms with E-state index in [1.807, 2.05) is 24.3 Å². The molecule has 2 saturated carbocycles. The second kappa shape index (κ2) is 5.41. The van der Waals surface area contributed by atoms with Crippen molar-refractivity contribution in [2.75, 3.05) is 0 Å². The molecule has 1 aromatic carbocycles. The van der Waals surface area contributed by atoms with Gasteiger partial charge in [0.2, 0.25) is 5.91 Å². The summed E-state index contributed by atoms with van der Waals surface area (Å²) in [5.41, 5.74) is 1.57. The van der Waals surface area contributed by atoms with Gasteiger partial charge in [0.05, 0.1) is 17.2 Å². The molecule has 0 aliphatic heterocycles. The molecule has 2 fully saturated rings. The van der Waals surface area contributed by atoms with Crippen LogP contribution in [0.2, 0.25) is 0 Å². The average Bonchev–Trinajstić information content (AvgIpc) is 2.91. The van der Waals surface area contributed by atoms with Gasteiger partial charge in [-0.1, -0.05) is 32.9 Å². The Labute approximate surface area is 147 Å². The van der Waals surface area contributed by atoms with Crippen LogP contribution in [-0.2, 0) is 11.3 Å². The molecule has 0 unspecified atom stereocenters. The molecule has 5 heteroatoms. The summed E-state index contributed by atoms with van der Waals surface area (Å²) in [7, 11) is 0. The van der Waals surface area contributed by atoms with E-state index in [-0.39, 0.29) is 34.9 Å². The van der Waals surface area contributed by atoms with Crippen LogP contribution in [0.1, 0.15) is 40.0 Å². The number of para-hydroxylation sites is 2. The third-order valence-electron chi connectivity index (χ3n) is 7.18. The third-order valence-corrected chi connectivity index (χ3v) is 7.18. The Kier molecular flexibility index (Phi) is 3.53. The van der Waals surface area contributed by atoms with Crippen LogP contribution in [0.3, 0.4) is 0 Å². The molecule has 1 heterocycles. The maximum absolute atomic E-state index is 12.7. The molecule has 1 amide bonds. The summed E-state index contributed by atoms with van der Waals surface area (Å²) in [6.45, 7) is 7.01. The van der Waals surface area contributed by atoms with Crippen LogP contribution in [0.15, 0.2) is 35.3 Å². The number of rotatable bonds is 3. The number of nitrogens with zero attached hydrogens (tertiary/aromatic N) is 2. The lowest BCUT2D eigenvalue weighted by atomic mass is 9.69. The summed E-state index contributed by atoms with van der Waals surface area (Å²) < 4.78 is 1.51. The Morgan fingerprint density at radius 2 is 2.08 bits per heavy atom. The predicted octanol–water partition coefficient (Wildman–Crippen LogP) is 2.73. The standard InChI is InChI=1S/C20H25N3O2/c1-19(2)13-8-9-20(19,3)16(10-13)22-17(24)12-23-15-7-5-4-6-14(15)21-11-18(23)25/h4-7,11,13,16H,8-10,12H2,1-3H3,(H,22,24)/t13-,16+,20-/m0/s1. The monoisotopic (exact) mass is 339 g/mol. The number of hydrogen-bond donors (Lipinski definition) is 1. The van der Waals surface area contributed by atoms with Crippen molar-refractivity contribution < 1.29 is 4.79 Å². The van der Waals surface area contributed by atoms with Gasteiger partial charge >= 0.3 is 0 Å². The normalized spacial score (nSPS) is 29.9. The molecule has 132 valence electrons. The largest absolute Gasteiger partial charge is 0.351 e. The van der Waals surface area contributed by atoms with E-state index in [1.165, 1.54) is 17.2 Å². The maximum atomic E-state index is 12.7. The molecular weight excluding hydrogens is 314 g/mol. The quantitative estimate of drug-likeness (QED) is 0.935. The fourth-order valence-electron chi connectivity index (χ4n) is 5.08. The van der Waals surface area contributed by atoms with Crippen LogP contribution in [0.4, 0.5) is 0 Å². The Bertz CT molecular complexity index is 901. The lowest BCUT2D eigenvalue weighted by molar-refractivity contribution is -0.123. The highest BCUT2D eigenvalue weighted by Gasteiger charge is 2.61. The van der Waals surface area contributed by atoms with Crippen LogP contribution in [0.25, 0.3) is 11.0 Å². The van der Waals surface area contributed by atoms with Gasteiger partial charge in [0.15, 0.2) is 0 Å². The number of fused-ring (bicyclic) bond motifs is 3. The zero-order valence-electron chi connectivity index (χ0n) is 15.1. The van der Waals surface area contributed by atoms with Crippen molar-refractivity contribution >= 4 is 16.9 Å². The lowest BCUT2D eigenvalue weighted by Gasteiger charge is -2.39. The molecule has 25 heavy (non-hydrogen) atoms. The lowest BCUT2D eigenvalue weighted by Crippen LogP contribution is -2.48. The summed E-state index contributed by atoms with van der Waals surface area (Å²) >= 11 is 0. The van der Waals surface area contributed by atoms with Gasteiger partial charge in [-0.2, -0.15) is 0 Å². The number of hydrogen-bond acceptors (Lipinski definition) is 3. The number of carbonyl (C=O) groups excluding carboxylic acids is 1. The molecule has 4 rings (SSSR count). The molecule has 1 N–H and O–H groups in total. The van der Waals surface area contributed by atoms with E-state index in [0.717, 1.165) is 18.4 Å². The SMILES string of the molecule is CC1(C)[C@H]2CC[C@@]1(C)[C@H](NC(=O)Cn1c(=O)cnc3ccccc31)C2. The molecule has 2 aliphatic carbocycles. The molecule has 2 bridgehead atoms. The summed E-state index contributed by atoms with van der Waals surface area (Å²) in [5.74, 6) is 0.584. The maximum Gasteiger partial charge on any atom is 0.269 e. The Hall–Kier alpha value is -2.17. The smallest absolute Gasteiger partial charge is 0.269 e. The zero-order chi connectivity index (χ0) is 17.8. The summed E-state index contributed by atoms with van der Waals surface area (Å²) in [6.07, 6.45) is 4.75. The first-order chi connectivity index (χ1) is 11.8. The van der Waals surface area contributed by atoms with Gasteiger partial charge in [0.25, 0.3) is 5.56 Å². The summed E-state index contributed by atoms with van der Waals surface area (Å²) in [6, 6.07) is 7.61. The number of carbonyl (C=O) groups is 1. The van der Waals surface area contributed by atoms with Gasteiger partial charge in [-0.15, -0.1) is 0 Å². The third kappa shape index (κ3) is 2.32. The van der Waals surface area contributed by atoms with E-state index in [0.29, 0.717) is 11.4 Å². The van der Waals surface area contributed by atoms with Crippen LogP contribution in [0, 0.1) is 16.7 Å².